The smallest absolute Gasteiger partial charge is 0.222 e. The van der Waals surface area contributed by atoms with Gasteiger partial charge in [0.2, 0.25) is 5.95 Å². The second kappa shape index (κ2) is 4.35. The van der Waals surface area contributed by atoms with Crippen molar-refractivity contribution in [3.8, 4) is 0 Å². The lowest BCUT2D eigenvalue weighted by molar-refractivity contribution is 0.452. The van der Waals surface area contributed by atoms with Gasteiger partial charge in [0.05, 0.1) is 16.2 Å². The van der Waals surface area contributed by atoms with Crippen LogP contribution < -0.4 is 5.32 Å². The van der Waals surface area contributed by atoms with Crippen LogP contribution in [0.5, 0.6) is 0 Å². The fourth-order valence-corrected chi connectivity index (χ4v) is 2.20. The highest BCUT2D eigenvalue weighted by atomic mass is 79.9. The lowest BCUT2D eigenvalue weighted by atomic mass is 10.3. The van der Waals surface area contributed by atoms with Crippen LogP contribution in [0, 0.1) is 6.92 Å². The Hall–Kier alpha value is -1.43. The van der Waals surface area contributed by atoms with Crippen LogP contribution in [0.1, 0.15) is 18.4 Å². The minimum absolute atomic E-state index is 0.0975. The first-order valence-corrected chi connectivity index (χ1v) is 6.70. The minimum Gasteiger partial charge on any atom is -0.352 e. The summed E-state index contributed by atoms with van der Waals surface area (Å²) in [5.41, 5.74) is 1.16. The molecule has 1 aliphatic carbocycles. The Morgan fingerprint density at radius 2 is 2.06 bits per heavy atom. The average molecular weight is 308 g/mol. The lowest BCUT2D eigenvalue weighted by Crippen LogP contribution is -2.27. The number of rotatable bonds is 4. The molecule has 1 N–H and O–H groups in total. The van der Waals surface area contributed by atoms with Gasteiger partial charge in [-0.15, -0.1) is 0 Å². The molecule has 1 fully saturated rings. The number of anilines is 1. The molecule has 2 heterocycles. The predicted octanol–water partition coefficient (Wildman–Crippen LogP) is 2.35. The minimum atomic E-state index is 0.0975. The Kier molecular flexibility index (Phi) is 2.81. The summed E-state index contributed by atoms with van der Waals surface area (Å²) in [6.45, 7) is 2.79. The normalized spacial score (nSPS) is 16.6. The molecule has 3 rings (SSSR count). The lowest BCUT2D eigenvalue weighted by Gasteiger charge is -2.16. The summed E-state index contributed by atoms with van der Waals surface area (Å²) in [5.74, 6) is 0.679. The molecule has 2 aromatic rings. The van der Waals surface area contributed by atoms with Crippen LogP contribution in [-0.4, -0.2) is 26.3 Å². The molecule has 5 nitrogen and oxygen atoms in total. The maximum absolute atomic E-state index is 4.37. The van der Waals surface area contributed by atoms with Gasteiger partial charge in [-0.3, -0.25) is 4.68 Å². The SMILES string of the molecule is Cc1cnc(NCC2(n3cc(Br)cn3)CC2)nc1. The van der Waals surface area contributed by atoms with Gasteiger partial charge in [0, 0.05) is 25.1 Å². The van der Waals surface area contributed by atoms with Crippen molar-refractivity contribution in [3.63, 3.8) is 0 Å². The average Bonchev–Trinajstić information content (AvgIpc) is 3.04. The van der Waals surface area contributed by atoms with E-state index in [1.54, 1.807) is 0 Å². The van der Waals surface area contributed by atoms with Gasteiger partial charge in [-0.05, 0) is 41.3 Å². The van der Waals surface area contributed by atoms with Crippen molar-refractivity contribution in [2.24, 2.45) is 0 Å². The van der Waals surface area contributed by atoms with Crippen molar-refractivity contribution in [2.45, 2.75) is 25.3 Å². The quantitative estimate of drug-likeness (QED) is 0.942. The molecule has 0 saturated heterocycles. The Labute approximate surface area is 114 Å². The number of halogens is 1. The molecule has 1 aliphatic rings. The van der Waals surface area contributed by atoms with E-state index in [-0.39, 0.29) is 5.54 Å². The summed E-state index contributed by atoms with van der Waals surface area (Å²) in [5, 5.41) is 7.65. The molecule has 0 bridgehead atoms. The molecule has 6 heteroatoms. The van der Waals surface area contributed by atoms with Crippen LogP contribution >= 0.6 is 15.9 Å². The van der Waals surface area contributed by atoms with Crippen molar-refractivity contribution >= 4 is 21.9 Å². The number of aromatic nitrogens is 4. The van der Waals surface area contributed by atoms with Crippen molar-refractivity contribution in [1.29, 1.82) is 0 Å². The maximum atomic E-state index is 4.37. The van der Waals surface area contributed by atoms with Gasteiger partial charge in [-0.1, -0.05) is 0 Å². The molecular weight excluding hydrogens is 294 g/mol. The van der Waals surface area contributed by atoms with Crippen LogP contribution in [0.25, 0.3) is 0 Å². The van der Waals surface area contributed by atoms with Crippen LogP contribution in [0.3, 0.4) is 0 Å². The standard InChI is InChI=1S/C12H14BrN5/c1-9-4-14-11(15-5-9)16-8-12(2-3-12)18-7-10(13)6-17-18/h4-7H,2-3,8H2,1H3,(H,14,15,16). The maximum Gasteiger partial charge on any atom is 0.222 e. The fraction of sp³-hybridized carbons (Fsp3) is 0.417. The number of hydrogen-bond donors (Lipinski definition) is 1. The van der Waals surface area contributed by atoms with E-state index in [4.69, 9.17) is 0 Å². The summed E-state index contributed by atoms with van der Waals surface area (Å²) in [6, 6.07) is 0. The Balaban J connectivity index is 1.68. The highest BCUT2D eigenvalue weighted by molar-refractivity contribution is 9.10. The van der Waals surface area contributed by atoms with Gasteiger partial charge < -0.3 is 5.32 Å². The van der Waals surface area contributed by atoms with Gasteiger partial charge in [0.15, 0.2) is 0 Å². The highest BCUT2D eigenvalue weighted by Crippen LogP contribution is 2.43. The molecular formula is C12H14BrN5. The van der Waals surface area contributed by atoms with Gasteiger partial charge >= 0.3 is 0 Å². The summed E-state index contributed by atoms with van der Waals surface area (Å²) < 4.78 is 3.04. The second-order valence-corrected chi connectivity index (χ2v) is 5.68. The van der Waals surface area contributed by atoms with Crippen LogP contribution in [-0.2, 0) is 5.54 Å². The van der Waals surface area contributed by atoms with E-state index in [9.17, 15) is 0 Å². The van der Waals surface area contributed by atoms with Gasteiger partial charge in [-0.25, -0.2) is 9.97 Å². The third-order valence-corrected chi connectivity index (χ3v) is 3.63. The number of hydrogen-bond acceptors (Lipinski definition) is 4. The topological polar surface area (TPSA) is 55.6 Å². The summed E-state index contributed by atoms with van der Waals surface area (Å²) in [4.78, 5) is 8.49. The third kappa shape index (κ3) is 2.25. The highest BCUT2D eigenvalue weighted by Gasteiger charge is 2.45. The van der Waals surface area contributed by atoms with E-state index in [0.29, 0.717) is 5.95 Å². The molecule has 0 amide bonds. The monoisotopic (exact) mass is 307 g/mol. The Morgan fingerprint density at radius 1 is 1.33 bits per heavy atom. The van der Waals surface area contributed by atoms with Crippen LogP contribution in [0.15, 0.2) is 29.3 Å². The first-order valence-electron chi connectivity index (χ1n) is 5.91. The Bertz CT molecular complexity index is 544. The number of nitrogens with zero attached hydrogens (tertiary/aromatic N) is 4. The molecule has 2 aromatic heterocycles. The summed E-state index contributed by atoms with van der Waals surface area (Å²) >= 11 is 3.43. The van der Waals surface area contributed by atoms with Crippen LogP contribution in [0.2, 0.25) is 0 Å². The largest absolute Gasteiger partial charge is 0.352 e. The fourth-order valence-electron chi connectivity index (χ4n) is 1.92. The molecule has 18 heavy (non-hydrogen) atoms. The molecule has 1 saturated carbocycles. The van der Waals surface area contributed by atoms with Crippen molar-refractivity contribution < 1.29 is 0 Å². The zero-order chi connectivity index (χ0) is 12.6. The molecule has 94 valence electrons. The first kappa shape index (κ1) is 11.6. The zero-order valence-electron chi connectivity index (χ0n) is 10.1. The zero-order valence-corrected chi connectivity index (χ0v) is 11.7. The molecule has 0 unspecified atom stereocenters. The van der Waals surface area contributed by atoms with E-state index >= 15 is 0 Å². The first-order chi connectivity index (χ1) is 8.68. The van der Waals surface area contributed by atoms with Crippen molar-refractivity contribution in [3.05, 3.63) is 34.8 Å². The van der Waals surface area contributed by atoms with E-state index in [0.717, 1.165) is 29.4 Å². The molecule has 0 atom stereocenters. The van der Waals surface area contributed by atoms with E-state index < -0.39 is 0 Å². The van der Waals surface area contributed by atoms with Crippen LogP contribution in [0.4, 0.5) is 5.95 Å². The van der Waals surface area contributed by atoms with E-state index in [1.807, 2.05) is 36.4 Å². The van der Waals surface area contributed by atoms with Gasteiger partial charge in [-0.2, -0.15) is 5.10 Å². The number of nitrogens with one attached hydrogen (secondary N) is 1. The predicted molar refractivity (Wildman–Crippen MR) is 72.4 cm³/mol. The second-order valence-electron chi connectivity index (χ2n) is 4.77. The van der Waals surface area contributed by atoms with Crippen molar-refractivity contribution in [1.82, 2.24) is 19.7 Å². The molecule has 0 aromatic carbocycles. The van der Waals surface area contributed by atoms with E-state index in [2.05, 4.69) is 36.3 Å². The molecule has 0 radical (unpaired) electrons. The van der Waals surface area contributed by atoms with Gasteiger partial charge in [0.1, 0.15) is 0 Å². The number of aryl methyl sites for hydroxylation is 1. The Morgan fingerprint density at radius 3 is 2.61 bits per heavy atom. The van der Waals surface area contributed by atoms with E-state index in [1.165, 1.54) is 0 Å². The summed E-state index contributed by atoms with van der Waals surface area (Å²) in [6.07, 6.45) is 9.76. The van der Waals surface area contributed by atoms with Crippen molar-refractivity contribution in [2.75, 3.05) is 11.9 Å². The summed E-state index contributed by atoms with van der Waals surface area (Å²) in [7, 11) is 0. The van der Waals surface area contributed by atoms with Gasteiger partial charge in [0.25, 0.3) is 0 Å². The third-order valence-electron chi connectivity index (χ3n) is 3.22. The molecule has 0 aliphatic heterocycles. The molecule has 0 spiro atoms.